The zero-order valence-electron chi connectivity index (χ0n) is 16.5. The van der Waals surface area contributed by atoms with E-state index in [0.29, 0.717) is 0 Å². The van der Waals surface area contributed by atoms with E-state index in [1.165, 1.54) is 77.0 Å². The van der Waals surface area contributed by atoms with Crippen LogP contribution in [0, 0.1) is 23.7 Å². The fraction of sp³-hybridized carbons (Fsp3) is 0.913. The molecule has 0 N–H and O–H groups in total. The summed E-state index contributed by atoms with van der Waals surface area (Å²) in [6.07, 6.45) is 23.3. The van der Waals surface area contributed by atoms with Crippen LogP contribution in [-0.2, 0) is 4.74 Å². The quantitative estimate of drug-likeness (QED) is 0.304. The molecule has 1 nitrogen and oxygen atoms in total. The van der Waals surface area contributed by atoms with Crippen LogP contribution in [0.25, 0.3) is 0 Å². The van der Waals surface area contributed by atoms with Gasteiger partial charge in [-0.25, -0.2) is 0 Å². The molecule has 2 saturated carbocycles. The lowest BCUT2D eigenvalue weighted by atomic mass is 9.69. The summed E-state index contributed by atoms with van der Waals surface area (Å²) < 4.78 is 5.77. The molecule has 0 amide bonds. The third kappa shape index (κ3) is 7.30. The van der Waals surface area contributed by atoms with E-state index < -0.39 is 0 Å². The lowest BCUT2D eigenvalue weighted by Gasteiger charge is -2.37. The molecule has 0 bridgehead atoms. The normalized spacial score (nSPS) is 31.6. The molecule has 0 spiro atoms. The Morgan fingerprint density at radius 1 is 0.792 bits per heavy atom. The lowest BCUT2D eigenvalue weighted by molar-refractivity contribution is 0.0662. The second-order valence-corrected chi connectivity index (χ2v) is 8.45. The van der Waals surface area contributed by atoms with Crippen molar-refractivity contribution < 1.29 is 4.74 Å². The Labute approximate surface area is 151 Å². The fourth-order valence-electron chi connectivity index (χ4n) is 4.83. The van der Waals surface area contributed by atoms with Crippen LogP contribution in [0.2, 0.25) is 0 Å². The van der Waals surface area contributed by atoms with Crippen molar-refractivity contribution >= 4 is 0 Å². The molecule has 0 radical (unpaired) electrons. The van der Waals surface area contributed by atoms with Gasteiger partial charge in [0.15, 0.2) is 0 Å². The molecule has 0 aromatic heterocycles. The van der Waals surface area contributed by atoms with Crippen LogP contribution in [0.5, 0.6) is 0 Å². The van der Waals surface area contributed by atoms with Crippen molar-refractivity contribution in [3.8, 4) is 0 Å². The van der Waals surface area contributed by atoms with Crippen molar-refractivity contribution in [1.82, 2.24) is 0 Å². The summed E-state index contributed by atoms with van der Waals surface area (Å²) in [6.45, 7) is 6.47. The Balaban J connectivity index is 1.58. The smallest absolute Gasteiger partial charge is 0.0494 e. The molecular formula is C23H42O. The number of hydrogen-bond acceptors (Lipinski definition) is 1. The predicted octanol–water partition coefficient (Wildman–Crippen LogP) is 7.16. The first-order valence-electron chi connectivity index (χ1n) is 11.1. The number of allylic oxidation sites excluding steroid dienone is 2. The van der Waals surface area contributed by atoms with Crippen LogP contribution < -0.4 is 0 Å². The Kier molecular flexibility index (Phi) is 10.1. The highest BCUT2D eigenvalue weighted by atomic mass is 16.5. The zero-order chi connectivity index (χ0) is 17.0. The van der Waals surface area contributed by atoms with E-state index in [4.69, 9.17) is 4.74 Å². The van der Waals surface area contributed by atoms with Crippen molar-refractivity contribution in [2.45, 2.75) is 97.3 Å². The highest BCUT2D eigenvalue weighted by Crippen LogP contribution is 2.41. The molecule has 24 heavy (non-hydrogen) atoms. The second-order valence-electron chi connectivity index (χ2n) is 8.45. The second kappa shape index (κ2) is 12.1. The van der Waals surface area contributed by atoms with E-state index in [1.54, 1.807) is 0 Å². The van der Waals surface area contributed by atoms with Crippen molar-refractivity contribution in [3.63, 3.8) is 0 Å². The monoisotopic (exact) mass is 334 g/mol. The molecule has 0 saturated heterocycles. The third-order valence-electron chi connectivity index (χ3n) is 6.46. The number of ether oxygens (including phenoxy) is 1. The average molecular weight is 335 g/mol. The van der Waals surface area contributed by atoms with Crippen LogP contribution in [0.15, 0.2) is 12.2 Å². The topological polar surface area (TPSA) is 9.23 Å². The van der Waals surface area contributed by atoms with E-state index in [0.717, 1.165) is 43.3 Å². The maximum absolute atomic E-state index is 5.77. The average Bonchev–Trinajstić information content (AvgIpc) is 2.63. The van der Waals surface area contributed by atoms with Gasteiger partial charge in [-0.2, -0.15) is 0 Å². The van der Waals surface area contributed by atoms with Gasteiger partial charge in [0, 0.05) is 13.2 Å². The third-order valence-corrected chi connectivity index (χ3v) is 6.46. The summed E-state index contributed by atoms with van der Waals surface area (Å²) in [4.78, 5) is 0. The SMILES string of the molecule is CCCCCC=CC1CCC(C2CCC(COCCC)CC2)CC1. The highest BCUT2D eigenvalue weighted by molar-refractivity contribution is 4.92. The Morgan fingerprint density at radius 3 is 2.08 bits per heavy atom. The van der Waals surface area contributed by atoms with Gasteiger partial charge in [0.2, 0.25) is 0 Å². The Morgan fingerprint density at radius 2 is 1.46 bits per heavy atom. The van der Waals surface area contributed by atoms with Gasteiger partial charge in [-0.1, -0.05) is 38.8 Å². The van der Waals surface area contributed by atoms with Gasteiger partial charge in [-0.3, -0.25) is 0 Å². The minimum absolute atomic E-state index is 0.857. The summed E-state index contributed by atoms with van der Waals surface area (Å²) in [5, 5.41) is 0. The van der Waals surface area contributed by atoms with E-state index in [9.17, 15) is 0 Å². The summed E-state index contributed by atoms with van der Waals surface area (Å²) in [7, 11) is 0. The van der Waals surface area contributed by atoms with Gasteiger partial charge < -0.3 is 4.74 Å². The minimum Gasteiger partial charge on any atom is -0.381 e. The Hall–Kier alpha value is -0.300. The van der Waals surface area contributed by atoms with E-state index in [2.05, 4.69) is 26.0 Å². The highest BCUT2D eigenvalue weighted by Gasteiger charge is 2.30. The summed E-state index contributed by atoms with van der Waals surface area (Å²) in [5.41, 5.74) is 0. The number of rotatable bonds is 10. The molecule has 2 fully saturated rings. The van der Waals surface area contributed by atoms with Gasteiger partial charge in [-0.15, -0.1) is 0 Å². The van der Waals surface area contributed by atoms with Gasteiger partial charge in [0.25, 0.3) is 0 Å². The van der Waals surface area contributed by atoms with Gasteiger partial charge in [0.05, 0.1) is 0 Å². The first-order chi connectivity index (χ1) is 11.8. The van der Waals surface area contributed by atoms with Crippen LogP contribution in [0.1, 0.15) is 97.3 Å². The fourth-order valence-corrected chi connectivity index (χ4v) is 4.83. The van der Waals surface area contributed by atoms with E-state index >= 15 is 0 Å². The van der Waals surface area contributed by atoms with Crippen LogP contribution in [0.3, 0.4) is 0 Å². The van der Waals surface area contributed by atoms with E-state index in [-0.39, 0.29) is 0 Å². The molecule has 140 valence electrons. The van der Waals surface area contributed by atoms with Crippen LogP contribution >= 0.6 is 0 Å². The largest absolute Gasteiger partial charge is 0.381 e. The van der Waals surface area contributed by atoms with Gasteiger partial charge in [-0.05, 0) is 94.3 Å². The van der Waals surface area contributed by atoms with Crippen molar-refractivity contribution in [2.24, 2.45) is 23.7 Å². The first kappa shape index (κ1) is 20.0. The van der Waals surface area contributed by atoms with Gasteiger partial charge >= 0.3 is 0 Å². The van der Waals surface area contributed by atoms with Crippen LogP contribution in [0.4, 0.5) is 0 Å². The molecule has 1 heteroatoms. The van der Waals surface area contributed by atoms with Crippen molar-refractivity contribution in [2.75, 3.05) is 13.2 Å². The summed E-state index contributed by atoms with van der Waals surface area (Å²) in [5.74, 6) is 3.81. The molecule has 0 unspecified atom stereocenters. The molecule has 2 rings (SSSR count). The zero-order valence-corrected chi connectivity index (χ0v) is 16.5. The van der Waals surface area contributed by atoms with Crippen molar-refractivity contribution in [1.29, 1.82) is 0 Å². The minimum atomic E-state index is 0.857. The molecule has 0 aromatic carbocycles. The molecular weight excluding hydrogens is 292 g/mol. The van der Waals surface area contributed by atoms with Crippen molar-refractivity contribution in [3.05, 3.63) is 12.2 Å². The molecule has 2 aliphatic rings. The summed E-state index contributed by atoms with van der Waals surface area (Å²) >= 11 is 0. The molecule has 2 aliphatic carbocycles. The maximum atomic E-state index is 5.77. The molecule has 0 aromatic rings. The standard InChI is InChI=1S/C23H42O/c1-3-5-6-7-8-9-20-10-14-22(15-11-20)23-16-12-21(13-17-23)19-24-18-4-2/h8-9,20-23H,3-7,10-19H2,1-2H3. The molecule has 0 atom stereocenters. The maximum Gasteiger partial charge on any atom is 0.0494 e. The lowest BCUT2D eigenvalue weighted by Crippen LogP contribution is -2.26. The van der Waals surface area contributed by atoms with E-state index in [1.807, 2.05) is 0 Å². The first-order valence-corrected chi connectivity index (χ1v) is 11.1. The Bertz CT molecular complexity index is 319. The predicted molar refractivity (Wildman–Crippen MR) is 105 cm³/mol. The van der Waals surface area contributed by atoms with Crippen LogP contribution in [-0.4, -0.2) is 13.2 Å². The summed E-state index contributed by atoms with van der Waals surface area (Å²) in [6, 6.07) is 0. The van der Waals surface area contributed by atoms with Gasteiger partial charge in [0.1, 0.15) is 0 Å². The number of hydrogen-bond donors (Lipinski definition) is 0. The number of unbranched alkanes of at least 4 members (excludes halogenated alkanes) is 3. The molecule has 0 heterocycles. The molecule has 0 aliphatic heterocycles.